The highest BCUT2D eigenvalue weighted by Gasteiger charge is 2.20. The lowest BCUT2D eigenvalue weighted by atomic mass is 10.1. The summed E-state index contributed by atoms with van der Waals surface area (Å²) in [6.45, 7) is 3.81. The molecule has 0 aliphatic carbocycles. The molecule has 1 aliphatic rings. The second-order valence-electron chi connectivity index (χ2n) is 7.43. The van der Waals surface area contributed by atoms with E-state index in [-0.39, 0.29) is 18.4 Å². The highest BCUT2D eigenvalue weighted by atomic mass is 16.5. The number of benzene rings is 2. The van der Waals surface area contributed by atoms with Gasteiger partial charge in [0.05, 0.1) is 13.0 Å². The van der Waals surface area contributed by atoms with Gasteiger partial charge in [-0.25, -0.2) is 0 Å². The molecule has 29 heavy (non-hydrogen) atoms. The summed E-state index contributed by atoms with van der Waals surface area (Å²) in [5.74, 6) is 0.0203. The minimum atomic E-state index is -0.112. The van der Waals surface area contributed by atoms with E-state index in [0.717, 1.165) is 43.0 Å². The molecule has 0 saturated carbocycles. The van der Waals surface area contributed by atoms with Gasteiger partial charge in [0.15, 0.2) is 0 Å². The van der Waals surface area contributed by atoms with Crippen LogP contribution in [0.1, 0.15) is 11.1 Å². The number of carbonyl (C=O) groups is 2. The van der Waals surface area contributed by atoms with E-state index in [2.05, 4.69) is 11.9 Å². The first-order valence-corrected chi connectivity index (χ1v) is 9.95. The van der Waals surface area contributed by atoms with E-state index < -0.39 is 0 Å². The highest BCUT2D eigenvalue weighted by Crippen LogP contribution is 2.20. The Morgan fingerprint density at radius 3 is 2.34 bits per heavy atom. The van der Waals surface area contributed by atoms with Gasteiger partial charge < -0.3 is 19.4 Å². The van der Waals surface area contributed by atoms with E-state index in [4.69, 9.17) is 4.74 Å². The Morgan fingerprint density at radius 1 is 0.966 bits per heavy atom. The van der Waals surface area contributed by atoms with E-state index in [0.29, 0.717) is 13.0 Å². The van der Waals surface area contributed by atoms with E-state index in [1.165, 1.54) is 7.11 Å². The Labute approximate surface area is 172 Å². The minimum absolute atomic E-state index is 0.0112. The Morgan fingerprint density at radius 2 is 1.66 bits per heavy atom. The van der Waals surface area contributed by atoms with Gasteiger partial charge in [0.1, 0.15) is 6.61 Å². The van der Waals surface area contributed by atoms with Gasteiger partial charge in [-0.1, -0.05) is 42.5 Å². The Balaban J connectivity index is 1.75. The molecule has 0 spiro atoms. The maximum atomic E-state index is 12.7. The van der Waals surface area contributed by atoms with Crippen molar-refractivity contribution in [3.63, 3.8) is 0 Å². The maximum Gasteiger partial charge on any atom is 0.253 e. The number of rotatable bonds is 7. The Hall–Kier alpha value is -2.70. The third-order valence-corrected chi connectivity index (χ3v) is 5.19. The molecule has 154 valence electrons. The molecule has 1 fully saturated rings. The number of likely N-dealkylation sites (N-methyl/N-ethyl adjacent to an activating group) is 1. The van der Waals surface area contributed by atoms with Gasteiger partial charge in [0.2, 0.25) is 5.91 Å². The summed E-state index contributed by atoms with van der Waals surface area (Å²) in [7, 11) is 3.59. The second-order valence-corrected chi connectivity index (χ2v) is 7.43. The first-order chi connectivity index (χ1) is 14.1. The predicted octanol–water partition coefficient (Wildman–Crippen LogP) is 2.18. The van der Waals surface area contributed by atoms with Crippen LogP contribution in [0.2, 0.25) is 0 Å². The molecule has 6 nitrogen and oxygen atoms in total. The minimum Gasteiger partial charge on any atom is -0.375 e. The number of hydrogen-bond acceptors (Lipinski definition) is 4. The van der Waals surface area contributed by atoms with Crippen LogP contribution < -0.4 is 4.90 Å². The van der Waals surface area contributed by atoms with Crippen molar-refractivity contribution < 1.29 is 14.3 Å². The molecule has 1 aliphatic heterocycles. The molecule has 0 unspecified atom stereocenters. The smallest absolute Gasteiger partial charge is 0.253 e. The zero-order valence-corrected chi connectivity index (χ0v) is 17.2. The summed E-state index contributed by atoms with van der Waals surface area (Å²) in [4.78, 5) is 31.2. The molecule has 1 heterocycles. The number of hydrogen-bond donors (Lipinski definition) is 0. The molecular weight excluding hydrogens is 366 g/mol. The van der Waals surface area contributed by atoms with Gasteiger partial charge in [0, 0.05) is 39.0 Å². The number of anilines is 1. The fraction of sp³-hybridized carbons (Fsp3) is 0.391. The normalized spacial score (nSPS) is 14.6. The lowest BCUT2D eigenvalue weighted by Gasteiger charge is -2.32. The van der Waals surface area contributed by atoms with E-state index in [1.54, 1.807) is 4.90 Å². The topological polar surface area (TPSA) is 53.1 Å². The lowest BCUT2D eigenvalue weighted by molar-refractivity contribution is -0.132. The fourth-order valence-electron chi connectivity index (χ4n) is 3.47. The standard InChI is InChI=1S/C23H29N3O3/c1-24-11-13-25(14-12-24)22(27)16-20-9-6-10-21(15-20)26(23(28)18-29-2)17-19-7-4-3-5-8-19/h3-10,15H,11-14,16-18H2,1-2H3. The highest BCUT2D eigenvalue weighted by molar-refractivity contribution is 5.94. The number of methoxy groups -OCH3 is 1. The van der Waals surface area contributed by atoms with Crippen LogP contribution in [0.5, 0.6) is 0 Å². The predicted molar refractivity (Wildman–Crippen MR) is 114 cm³/mol. The van der Waals surface area contributed by atoms with Crippen molar-refractivity contribution in [3.8, 4) is 0 Å². The van der Waals surface area contributed by atoms with Crippen molar-refractivity contribution in [1.82, 2.24) is 9.80 Å². The molecule has 0 atom stereocenters. The van der Waals surface area contributed by atoms with Gasteiger partial charge in [0.25, 0.3) is 5.91 Å². The van der Waals surface area contributed by atoms with Crippen LogP contribution in [0.15, 0.2) is 54.6 Å². The zero-order chi connectivity index (χ0) is 20.6. The number of amides is 2. The third-order valence-electron chi connectivity index (χ3n) is 5.19. The lowest BCUT2D eigenvalue weighted by Crippen LogP contribution is -2.47. The molecule has 0 N–H and O–H groups in total. The van der Waals surface area contributed by atoms with E-state index in [1.807, 2.05) is 59.5 Å². The number of nitrogens with zero attached hydrogens (tertiary/aromatic N) is 3. The molecule has 0 radical (unpaired) electrons. The number of ether oxygens (including phenoxy) is 1. The molecule has 3 rings (SSSR count). The van der Waals surface area contributed by atoms with Crippen LogP contribution in [0.4, 0.5) is 5.69 Å². The SMILES string of the molecule is COCC(=O)N(Cc1ccccc1)c1cccc(CC(=O)N2CCN(C)CC2)c1. The van der Waals surface area contributed by atoms with Crippen LogP contribution >= 0.6 is 0 Å². The van der Waals surface area contributed by atoms with Crippen molar-refractivity contribution in [3.05, 3.63) is 65.7 Å². The quantitative estimate of drug-likeness (QED) is 0.721. The molecule has 0 bridgehead atoms. The average Bonchev–Trinajstić information content (AvgIpc) is 2.73. The molecule has 2 amide bonds. The molecule has 0 aromatic heterocycles. The van der Waals surface area contributed by atoms with Crippen molar-refractivity contribution in [2.45, 2.75) is 13.0 Å². The first kappa shape index (κ1) is 21.0. The van der Waals surface area contributed by atoms with Gasteiger partial charge >= 0.3 is 0 Å². The zero-order valence-electron chi connectivity index (χ0n) is 17.2. The van der Waals surface area contributed by atoms with Crippen LogP contribution in [-0.2, 0) is 27.3 Å². The largest absolute Gasteiger partial charge is 0.375 e. The summed E-state index contributed by atoms with van der Waals surface area (Å²) in [6, 6.07) is 17.5. The monoisotopic (exact) mass is 395 g/mol. The maximum absolute atomic E-state index is 12.7. The molecular formula is C23H29N3O3. The molecule has 2 aromatic carbocycles. The van der Waals surface area contributed by atoms with Crippen LogP contribution in [0, 0.1) is 0 Å². The van der Waals surface area contributed by atoms with Crippen LogP contribution in [0.25, 0.3) is 0 Å². The fourth-order valence-corrected chi connectivity index (χ4v) is 3.47. The number of carbonyl (C=O) groups excluding carboxylic acids is 2. The van der Waals surface area contributed by atoms with Gasteiger partial charge in [-0.15, -0.1) is 0 Å². The average molecular weight is 396 g/mol. The second kappa shape index (κ2) is 10.2. The molecule has 2 aromatic rings. The van der Waals surface area contributed by atoms with Crippen molar-refractivity contribution in [2.75, 3.05) is 51.8 Å². The summed E-state index contributed by atoms with van der Waals surface area (Å²) >= 11 is 0. The first-order valence-electron chi connectivity index (χ1n) is 9.95. The number of piperazine rings is 1. The van der Waals surface area contributed by atoms with Gasteiger partial charge in [-0.3, -0.25) is 9.59 Å². The molecule has 6 heteroatoms. The summed E-state index contributed by atoms with van der Waals surface area (Å²) < 4.78 is 5.07. The van der Waals surface area contributed by atoms with Crippen molar-refractivity contribution in [1.29, 1.82) is 0 Å². The third kappa shape index (κ3) is 5.89. The van der Waals surface area contributed by atoms with Crippen molar-refractivity contribution in [2.24, 2.45) is 0 Å². The Kier molecular flexibility index (Phi) is 7.38. The summed E-state index contributed by atoms with van der Waals surface area (Å²) in [5.41, 5.74) is 2.73. The van der Waals surface area contributed by atoms with E-state index in [9.17, 15) is 9.59 Å². The summed E-state index contributed by atoms with van der Waals surface area (Å²) in [5, 5.41) is 0. The summed E-state index contributed by atoms with van der Waals surface area (Å²) in [6.07, 6.45) is 0.342. The van der Waals surface area contributed by atoms with Crippen LogP contribution in [-0.4, -0.2) is 68.6 Å². The van der Waals surface area contributed by atoms with Gasteiger partial charge in [-0.05, 0) is 30.3 Å². The van der Waals surface area contributed by atoms with Gasteiger partial charge in [-0.2, -0.15) is 0 Å². The van der Waals surface area contributed by atoms with Crippen molar-refractivity contribution >= 4 is 17.5 Å². The Bertz CT molecular complexity index is 817. The van der Waals surface area contributed by atoms with E-state index >= 15 is 0 Å². The molecule has 1 saturated heterocycles. The van der Waals surface area contributed by atoms with Crippen LogP contribution in [0.3, 0.4) is 0 Å².